The van der Waals surface area contributed by atoms with Gasteiger partial charge in [-0.1, -0.05) is 41.5 Å². The molecule has 0 aromatic carbocycles. The molecule has 1 atom stereocenters. The first-order valence-electron chi connectivity index (χ1n) is 9.13. The van der Waals surface area contributed by atoms with E-state index in [-0.39, 0.29) is 23.2 Å². The fraction of sp³-hybridized carbons (Fsp3) is 0.947. The van der Waals surface area contributed by atoms with Crippen LogP contribution in [0.3, 0.4) is 0 Å². The summed E-state index contributed by atoms with van der Waals surface area (Å²) in [5.74, 6) is -1.01. The minimum Gasteiger partial charge on any atom is -0.463 e. The van der Waals surface area contributed by atoms with E-state index in [1.165, 1.54) is 0 Å². The lowest BCUT2D eigenvalue weighted by Gasteiger charge is -2.34. The summed E-state index contributed by atoms with van der Waals surface area (Å²) in [4.78, 5) is 12.2. The van der Waals surface area contributed by atoms with Gasteiger partial charge in [0.05, 0.1) is 0 Å². The predicted molar refractivity (Wildman–Crippen MR) is 93.5 cm³/mol. The summed E-state index contributed by atoms with van der Waals surface area (Å²) < 4.78 is 81.4. The molecule has 0 fully saturated rings. The number of aliphatic hydroxyl groups is 1. The van der Waals surface area contributed by atoms with Crippen LogP contribution in [0, 0.1) is 16.7 Å². The summed E-state index contributed by atoms with van der Waals surface area (Å²) in [5, 5.41) is 9.21. The van der Waals surface area contributed by atoms with Crippen molar-refractivity contribution in [2.45, 2.75) is 98.2 Å². The Morgan fingerprint density at radius 1 is 0.821 bits per heavy atom. The third kappa shape index (κ3) is 9.01. The molecule has 1 N–H and O–H groups in total. The molecule has 0 aliphatic heterocycles. The van der Waals surface area contributed by atoms with Crippen molar-refractivity contribution in [3.8, 4) is 0 Å². The van der Waals surface area contributed by atoms with Crippen LogP contribution in [0.1, 0.15) is 74.1 Å². The zero-order valence-electron chi connectivity index (χ0n) is 17.5. The number of halogens is 6. The highest BCUT2D eigenvalue weighted by molar-refractivity contribution is 5.69. The van der Waals surface area contributed by atoms with E-state index in [4.69, 9.17) is 4.74 Å². The first-order chi connectivity index (χ1) is 12.1. The number of hydrogen-bond donors (Lipinski definition) is 1. The van der Waals surface area contributed by atoms with Gasteiger partial charge >= 0.3 is 18.3 Å². The van der Waals surface area contributed by atoms with Gasteiger partial charge < -0.3 is 9.84 Å². The molecule has 0 aromatic rings. The summed E-state index contributed by atoms with van der Waals surface area (Å²) in [5.41, 5.74) is -5.17. The topological polar surface area (TPSA) is 46.5 Å². The molecule has 0 heterocycles. The Morgan fingerprint density at radius 2 is 1.18 bits per heavy atom. The average molecular weight is 422 g/mol. The Hall–Kier alpha value is -0.990. The van der Waals surface area contributed by atoms with Gasteiger partial charge in [-0.3, -0.25) is 4.79 Å². The molecule has 0 spiro atoms. The largest absolute Gasteiger partial charge is 0.463 e. The van der Waals surface area contributed by atoms with Crippen LogP contribution in [0.25, 0.3) is 0 Å². The first-order valence-corrected chi connectivity index (χ1v) is 9.13. The fourth-order valence-corrected chi connectivity index (χ4v) is 3.31. The number of alkyl halides is 6. The van der Waals surface area contributed by atoms with E-state index >= 15 is 0 Å². The Bertz CT molecular complexity index is 482. The zero-order chi connectivity index (χ0) is 22.8. The third-order valence-corrected chi connectivity index (χ3v) is 4.11. The van der Waals surface area contributed by atoms with Gasteiger partial charge in [-0.25, -0.2) is 0 Å². The summed E-state index contributed by atoms with van der Waals surface area (Å²) in [6.07, 6.45) is -14.3. The number of carbonyl (C=O) groups is 1. The minimum absolute atomic E-state index is 0.116. The maximum atomic E-state index is 12.8. The molecule has 0 saturated heterocycles. The molecule has 28 heavy (non-hydrogen) atoms. The van der Waals surface area contributed by atoms with Crippen molar-refractivity contribution < 1.29 is 41.0 Å². The summed E-state index contributed by atoms with van der Waals surface area (Å²) in [6.45, 7) is 12.8. The highest BCUT2D eigenvalue weighted by Crippen LogP contribution is 2.46. The molecule has 0 bridgehead atoms. The quantitative estimate of drug-likeness (QED) is 0.402. The van der Waals surface area contributed by atoms with Crippen LogP contribution in [0.15, 0.2) is 0 Å². The van der Waals surface area contributed by atoms with E-state index in [0.29, 0.717) is 12.8 Å². The maximum absolute atomic E-state index is 12.8. The van der Waals surface area contributed by atoms with Crippen molar-refractivity contribution in [1.82, 2.24) is 0 Å². The second-order valence-corrected chi connectivity index (χ2v) is 9.96. The third-order valence-electron chi connectivity index (χ3n) is 4.11. The van der Waals surface area contributed by atoms with Crippen LogP contribution in [0.5, 0.6) is 0 Å². The van der Waals surface area contributed by atoms with Crippen LogP contribution in [-0.2, 0) is 9.53 Å². The molecule has 9 heteroatoms. The monoisotopic (exact) mass is 422 g/mol. The van der Waals surface area contributed by atoms with E-state index in [2.05, 4.69) is 0 Å². The van der Waals surface area contributed by atoms with E-state index < -0.39 is 36.4 Å². The molecule has 0 rings (SSSR count). The van der Waals surface area contributed by atoms with E-state index in [1.807, 2.05) is 41.5 Å². The lowest BCUT2D eigenvalue weighted by molar-refractivity contribution is -0.373. The van der Waals surface area contributed by atoms with E-state index in [9.17, 15) is 36.2 Å². The van der Waals surface area contributed by atoms with Gasteiger partial charge in [-0.15, -0.1) is 0 Å². The van der Waals surface area contributed by atoms with Gasteiger partial charge in [0.2, 0.25) is 0 Å². The van der Waals surface area contributed by atoms with E-state index in [0.717, 1.165) is 6.92 Å². The van der Waals surface area contributed by atoms with Gasteiger partial charge in [-0.2, -0.15) is 26.3 Å². The molecule has 0 aliphatic carbocycles. The maximum Gasteiger partial charge on any atom is 0.426 e. The van der Waals surface area contributed by atoms with Gasteiger partial charge in [0, 0.05) is 12.8 Å². The summed E-state index contributed by atoms with van der Waals surface area (Å²) in [6, 6.07) is 0. The van der Waals surface area contributed by atoms with Gasteiger partial charge in [0.1, 0.15) is 6.10 Å². The minimum atomic E-state index is -5.94. The van der Waals surface area contributed by atoms with Crippen molar-refractivity contribution in [3.05, 3.63) is 0 Å². The molecule has 0 saturated carbocycles. The normalized spacial score (nSPS) is 15.7. The Kier molecular flexibility index (Phi) is 8.48. The van der Waals surface area contributed by atoms with Crippen LogP contribution in [0.2, 0.25) is 0 Å². The molecular weight excluding hydrogens is 390 g/mol. The molecule has 168 valence electrons. The Labute approximate surface area is 162 Å². The van der Waals surface area contributed by atoms with Crippen molar-refractivity contribution in [3.63, 3.8) is 0 Å². The molecule has 0 radical (unpaired) electrons. The van der Waals surface area contributed by atoms with Crippen molar-refractivity contribution in [1.29, 1.82) is 0 Å². The lowest BCUT2D eigenvalue weighted by Crippen LogP contribution is -2.58. The highest BCUT2D eigenvalue weighted by Gasteiger charge is 2.70. The number of rotatable bonds is 7. The number of esters is 1. The standard InChI is InChI=1S/C19H32F6O3/c1-12(9-17(27,18(20,21)22)19(23,24)25)28-14(26)8-13(10-15(2,3)4)11-16(5,6)7/h12-13,27H,8-11H2,1-7H3. The molecule has 0 aliphatic rings. The smallest absolute Gasteiger partial charge is 0.426 e. The molecular formula is C19H32F6O3. The van der Waals surface area contributed by atoms with Gasteiger partial charge in [0.25, 0.3) is 5.60 Å². The second kappa shape index (κ2) is 8.79. The molecule has 3 nitrogen and oxygen atoms in total. The molecule has 0 amide bonds. The summed E-state index contributed by atoms with van der Waals surface area (Å²) >= 11 is 0. The number of ether oxygens (including phenoxy) is 1. The van der Waals surface area contributed by atoms with E-state index in [1.54, 1.807) is 0 Å². The Morgan fingerprint density at radius 3 is 1.46 bits per heavy atom. The predicted octanol–water partition coefficient (Wildman–Crippen LogP) is 6.04. The highest BCUT2D eigenvalue weighted by atomic mass is 19.4. The number of hydrogen-bond acceptors (Lipinski definition) is 3. The average Bonchev–Trinajstić information content (AvgIpc) is 2.30. The van der Waals surface area contributed by atoms with Gasteiger partial charge in [0.15, 0.2) is 0 Å². The van der Waals surface area contributed by atoms with Crippen molar-refractivity contribution >= 4 is 5.97 Å². The van der Waals surface area contributed by atoms with Crippen LogP contribution in [-0.4, -0.2) is 35.1 Å². The second-order valence-electron chi connectivity index (χ2n) is 9.96. The number of carbonyl (C=O) groups excluding carboxylic acids is 1. The van der Waals surface area contributed by atoms with Crippen LogP contribution < -0.4 is 0 Å². The summed E-state index contributed by atoms with van der Waals surface area (Å²) in [7, 11) is 0. The van der Waals surface area contributed by atoms with Crippen LogP contribution >= 0.6 is 0 Å². The SMILES string of the molecule is CC(CC(O)(C(F)(F)F)C(F)(F)F)OC(=O)CC(CC(C)(C)C)CC(C)(C)C. The fourth-order valence-electron chi connectivity index (χ4n) is 3.31. The van der Waals surface area contributed by atoms with Crippen LogP contribution in [0.4, 0.5) is 26.3 Å². The first kappa shape index (κ1) is 27.0. The van der Waals surface area contributed by atoms with Crippen molar-refractivity contribution in [2.24, 2.45) is 16.7 Å². The van der Waals surface area contributed by atoms with Crippen molar-refractivity contribution in [2.75, 3.05) is 0 Å². The lowest BCUT2D eigenvalue weighted by atomic mass is 9.75. The Balaban J connectivity index is 5.16. The molecule has 1 unspecified atom stereocenters. The molecule has 0 aromatic heterocycles. The zero-order valence-corrected chi connectivity index (χ0v) is 17.5. The van der Waals surface area contributed by atoms with Gasteiger partial charge in [-0.05, 0) is 36.5 Å².